The van der Waals surface area contributed by atoms with E-state index in [0.717, 1.165) is 30.6 Å². The molecule has 2 aromatic rings. The number of likely N-dealkylation sites (tertiary alicyclic amines) is 1. The predicted octanol–water partition coefficient (Wildman–Crippen LogP) is 3.68. The van der Waals surface area contributed by atoms with E-state index < -0.39 is 0 Å². The van der Waals surface area contributed by atoms with Crippen molar-refractivity contribution < 1.29 is 9.59 Å². The smallest absolute Gasteiger partial charge is 0.257 e. The Morgan fingerprint density at radius 1 is 1.24 bits per heavy atom. The lowest BCUT2D eigenvalue weighted by Crippen LogP contribution is -2.45. The highest BCUT2D eigenvalue weighted by Crippen LogP contribution is 2.26. The summed E-state index contributed by atoms with van der Waals surface area (Å²) >= 11 is 0. The molecule has 3 rings (SSSR count). The average molecular weight is 397 g/mol. The maximum Gasteiger partial charge on any atom is 0.257 e. The Labute approximate surface area is 173 Å². The van der Waals surface area contributed by atoms with E-state index in [0.29, 0.717) is 25.2 Å². The Morgan fingerprint density at radius 3 is 2.62 bits per heavy atom. The molecule has 1 atom stereocenters. The summed E-state index contributed by atoms with van der Waals surface area (Å²) in [7, 11) is 0. The van der Waals surface area contributed by atoms with E-state index in [4.69, 9.17) is 0 Å². The van der Waals surface area contributed by atoms with E-state index in [1.54, 1.807) is 6.20 Å². The van der Waals surface area contributed by atoms with Crippen LogP contribution < -0.4 is 5.32 Å². The standard InChI is InChI=1S/C23H32N4O2/c1-5-12-24-22(28)18-7-6-13-26(15-18)23(29)20-14-25-27(21(20)16(2)3)19-10-8-17(4)9-11-19/h8-11,14,16,18H,5-7,12-13,15H2,1-4H3,(H,24,28). The van der Waals surface area contributed by atoms with Gasteiger partial charge >= 0.3 is 0 Å². The summed E-state index contributed by atoms with van der Waals surface area (Å²) in [5, 5.41) is 7.51. The highest BCUT2D eigenvalue weighted by atomic mass is 16.2. The molecule has 6 nitrogen and oxygen atoms in total. The van der Waals surface area contributed by atoms with E-state index in [1.807, 2.05) is 40.8 Å². The normalized spacial score (nSPS) is 16.9. The van der Waals surface area contributed by atoms with Crippen molar-refractivity contribution in [2.24, 2.45) is 5.92 Å². The third-order valence-corrected chi connectivity index (χ3v) is 5.49. The first-order valence-corrected chi connectivity index (χ1v) is 10.6. The molecule has 1 aliphatic rings. The fourth-order valence-electron chi connectivity index (χ4n) is 3.91. The summed E-state index contributed by atoms with van der Waals surface area (Å²) in [4.78, 5) is 27.6. The number of nitrogens with zero attached hydrogens (tertiary/aromatic N) is 3. The number of piperidine rings is 1. The molecule has 156 valence electrons. The molecule has 1 unspecified atom stereocenters. The molecule has 2 amide bonds. The molecule has 0 radical (unpaired) electrons. The van der Waals surface area contributed by atoms with Crippen LogP contribution in [0.5, 0.6) is 0 Å². The molecule has 0 aliphatic carbocycles. The monoisotopic (exact) mass is 396 g/mol. The minimum atomic E-state index is -0.131. The van der Waals surface area contributed by atoms with Gasteiger partial charge in [0.25, 0.3) is 5.91 Å². The van der Waals surface area contributed by atoms with Crippen molar-refractivity contribution in [3.05, 3.63) is 47.3 Å². The molecule has 1 fully saturated rings. The maximum atomic E-state index is 13.3. The molecule has 0 saturated carbocycles. The van der Waals surface area contributed by atoms with Crippen molar-refractivity contribution in [1.82, 2.24) is 20.0 Å². The maximum absolute atomic E-state index is 13.3. The zero-order chi connectivity index (χ0) is 21.0. The summed E-state index contributed by atoms with van der Waals surface area (Å²) < 4.78 is 1.87. The minimum absolute atomic E-state index is 0.0277. The number of benzene rings is 1. The lowest BCUT2D eigenvalue weighted by Gasteiger charge is -2.32. The molecule has 29 heavy (non-hydrogen) atoms. The number of aromatic nitrogens is 2. The van der Waals surface area contributed by atoms with Crippen LogP contribution in [0.1, 0.15) is 67.6 Å². The lowest BCUT2D eigenvalue weighted by atomic mass is 9.96. The minimum Gasteiger partial charge on any atom is -0.356 e. The molecule has 6 heteroatoms. The molecule has 0 bridgehead atoms. The van der Waals surface area contributed by atoms with Crippen LogP contribution in [0.15, 0.2) is 30.5 Å². The van der Waals surface area contributed by atoms with Gasteiger partial charge in [-0.25, -0.2) is 4.68 Å². The van der Waals surface area contributed by atoms with Gasteiger partial charge in [-0.15, -0.1) is 0 Å². The Hall–Kier alpha value is -2.63. The van der Waals surface area contributed by atoms with Crippen LogP contribution in [0.4, 0.5) is 0 Å². The first-order valence-electron chi connectivity index (χ1n) is 10.6. The largest absolute Gasteiger partial charge is 0.356 e. The molecule has 0 spiro atoms. The highest BCUT2D eigenvalue weighted by Gasteiger charge is 2.31. The molecule has 1 saturated heterocycles. The number of amides is 2. The number of nitrogens with one attached hydrogen (secondary N) is 1. The first kappa shape index (κ1) is 21.1. The van der Waals surface area contributed by atoms with Gasteiger partial charge in [0.1, 0.15) is 0 Å². The topological polar surface area (TPSA) is 67.2 Å². The summed E-state index contributed by atoms with van der Waals surface area (Å²) in [5.41, 5.74) is 3.68. The molecule has 1 N–H and O–H groups in total. The van der Waals surface area contributed by atoms with E-state index in [1.165, 1.54) is 5.56 Å². The fraction of sp³-hybridized carbons (Fsp3) is 0.522. The number of rotatable bonds is 6. The van der Waals surface area contributed by atoms with Gasteiger partial charge in [-0.3, -0.25) is 9.59 Å². The van der Waals surface area contributed by atoms with Crippen LogP contribution in [-0.4, -0.2) is 46.1 Å². The molecule has 1 aliphatic heterocycles. The Bertz CT molecular complexity index is 854. The quantitative estimate of drug-likeness (QED) is 0.810. The van der Waals surface area contributed by atoms with Crippen molar-refractivity contribution in [1.29, 1.82) is 0 Å². The van der Waals surface area contributed by atoms with Crippen LogP contribution in [0.3, 0.4) is 0 Å². The van der Waals surface area contributed by atoms with Crippen LogP contribution in [0, 0.1) is 12.8 Å². The van der Waals surface area contributed by atoms with Crippen LogP contribution in [0.25, 0.3) is 5.69 Å². The van der Waals surface area contributed by atoms with E-state index in [2.05, 4.69) is 31.2 Å². The van der Waals surface area contributed by atoms with Gasteiger partial charge in [0.15, 0.2) is 0 Å². The van der Waals surface area contributed by atoms with Gasteiger partial charge in [0, 0.05) is 19.6 Å². The van der Waals surface area contributed by atoms with Gasteiger partial charge < -0.3 is 10.2 Å². The van der Waals surface area contributed by atoms with Crippen LogP contribution in [0.2, 0.25) is 0 Å². The van der Waals surface area contributed by atoms with E-state index in [-0.39, 0.29) is 23.7 Å². The highest BCUT2D eigenvalue weighted by molar-refractivity contribution is 5.96. The molecule has 2 heterocycles. The van der Waals surface area contributed by atoms with Crippen LogP contribution in [-0.2, 0) is 4.79 Å². The van der Waals surface area contributed by atoms with Gasteiger partial charge in [-0.05, 0) is 44.2 Å². The van der Waals surface area contributed by atoms with Crippen LogP contribution >= 0.6 is 0 Å². The molecule has 1 aromatic heterocycles. The summed E-state index contributed by atoms with van der Waals surface area (Å²) in [6.45, 7) is 10.1. The number of hydrogen-bond acceptors (Lipinski definition) is 3. The molecular formula is C23H32N4O2. The van der Waals surface area contributed by atoms with E-state index >= 15 is 0 Å². The van der Waals surface area contributed by atoms with Crippen molar-refractivity contribution in [2.45, 2.75) is 52.9 Å². The van der Waals surface area contributed by atoms with Gasteiger partial charge in [0.05, 0.1) is 29.1 Å². The van der Waals surface area contributed by atoms with Crippen molar-refractivity contribution in [3.63, 3.8) is 0 Å². The lowest BCUT2D eigenvalue weighted by molar-refractivity contribution is -0.126. The van der Waals surface area contributed by atoms with Gasteiger partial charge in [-0.2, -0.15) is 5.10 Å². The van der Waals surface area contributed by atoms with E-state index in [9.17, 15) is 9.59 Å². The van der Waals surface area contributed by atoms with Crippen molar-refractivity contribution in [2.75, 3.05) is 19.6 Å². The number of aryl methyl sites for hydroxylation is 1. The Kier molecular flexibility index (Phi) is 6.72. The number of carbonyl (C=O) groups is 2. The third-order valence-electron chi connectivity index (χ3n) is 5.49. The summed E-state index contributed by atoms with van der Waals surface area (Å²) in [6, 6.07) is 8.15. The molecule has 1 aromatic carbocycles. The van der Waals surface area contributed by atoms with Gasteiger partial charge in [0.2, 0.25) is 5.91 Å². The zero-order valence-corrected chi connectivity index (χ0v) is 17.9. The Balaban J connectivity index is 1.83. The fourth-order valence-corrected chi connectivity index (χ4v) is 3.91. The third kappa shape index (κ3) is 4.69. The Morgan fingerprint density at radius 2 is 1.97 bits per heavy atom. The predicted molar refractivity (Wildman–Crippen MR) is 114 cm³/mol. The second-order valence-electron chi connectivity index (χ2n) is 8.23. The number of carbonyl (C=O) groups excluding carboxylic acids is 2. The number of hydrogen-bond donors (Lipinski definition) is 1. The van der Waals surface area contributed by atoms with Crippen molar-refractivity contribution >= 4 is 11.8 Å². The zero-order valence-electron chi connectivity index (χ0n) is 17.9. The second-order valence-corrected chi connectivity index (χ2v) is 8.23. The second kappa shape index (κ2) is 9.25. The first-order chi connectivity index (χ1) is 13.9. The van der Waals surface area contributed by atoms with Gasteiger partial charge in [-0.1, -0.05) is 38.5 Å². The summed E-state index contributed by atoms with van der Waals surface area (Å²) in [6.07, 6.45) is 4.27. The SMILES string of the molecule is CCCNC(=O)C1CCCN(C(=O)c2cnn(-c3ccc(C)cc3)c2C(C)C)C1. The van der Waals surface area contributed by atoms with Crippen molar-refractivity contribution in [3.8, 4) is 5.69 Å². The summed E-state index contributed by atoms with van der Waals surface area (Å²) in [5.74, 6) is 0.0453. The average Bonchev–Trinajstić information content (AvgIpc) is 3.17. The molecular weight excluding hydrogens is 364 g/mol.